The van der Waals surface area contributed by atoms with Gasteiger partial charge in [-0.15, -0.1) is 0 Å². The van der Waals surface area contributed by atoms with Crippen molar-refractivity contribution in [3.8, 4) is 0 Å². The third kappa shape index (κ3) is 5.98. The number of rotatable bonds is 4. The van der Waals surface area contributed by atoms with Crippen LogP contribution in [0.25, 0.3) is 10.9 Å². The zero-order valence-electron chi connectivity index (χ0n) is 16.8. The van der Waals surface area contributed by atoms with Gasteiger partial charge in [0.25, 0.3) is 0 Å². The van der Waals surface area contributed by atoms with Gasteiger partial charge in [-0.1, -0.05) is 0 Å². The van der Waals surface area contributed by atoms with Gasteiger partial charge in [-0.2, -0.15) is 0 Å². The molecule has 0 atom stereocenters. The van der Waals surface area contributed by atoms with Crippen molar-refractivity contribution in [2.24, 2.45) is 0 Å². The molecule has 1 aliphatic rings. The Morgan fingerprint density at radius 2 is 1.48 bits per heavy atom. The number of hydrogen-bond acceptors (Lipinski definition) is 3. The van der Waals surface area contributed by atoms with Crippen molar-refractivity contribution in [3.63, 3.8) is 0 Å². The Morgan fingerprint density at radius 1 is 0.793 bits per heavy atom. The van der Waals surface area contributed by atoms with Gasteiger partial charge in [-0.05, 0) is 0 Å². The summed E-state index contributed by atoms with van der Waals surface area (Å²) >= 11 is -0.112. The fourth-order valence-electron chi connectivity index (χ4n) is 3.47. The summed E-state index contributed by atoms with van der Waals surface area (Å²) in [4.78, 5) is 7.19. The van der Waals surface area contributed by atoms with Gasteiger partial charge in [0.05, 0.1) is 0 Å². The summed E-state index contributed by atoms with van der Waals surface area (Å²) in [6, 6.07) is 30.2. The third-order valence-corrected chi connectivity index (χ3v) is 7.93. The maximum atomic E-state index is 4.61. The van der Waals surface area contributed by atoms with Crippen molar-refractivity contribution < 1.29 is 21.5 Å². The summed E-state index contributed by atoms with van der Waals surface area (Å²) < 4.78 is 4.13. The molecule has 0 N–H and O–H groups in total. The molecule has 3 aromatic rings. The number of aryl methyl sites for hydroxylation is 1. The van der Waals surface area contributed by atoms with E-state index in [2.05, 4.69) is 97.9 Å². The van der Waals surface area contributed by atoms with Crippen LogP contribution >= 0.6 is 0 Å². The Labute approximate surface area is 184 Å². The molecule has 2 aromatic carbocycles. The molecule has 3 nitrogen and oxygen atoms in total. The molecule has 0 unspecified atom stereocenters. The summed E-state index contributed by atoms with van der Waals surface area (Å²) in [5.74, 6) is 0. The van der Waals surface area contributed by atoms with Crippen molar-refractivity contribution in [2.45, 2.75) is 13.5 Å². The minimum absolute atomic E-state index is 0.112. The molecule has 29 heavy (non-hydrogen) atoms. The first-order chi connectivity index (χ1) is 14.3. The third-order valence-electron chi connectivity index (χ3n) is 5.01. The Kier molecular flexibility index (Phi) is 7.09. The minimum atomic E-state index is -0.112. The second-order valence-corrected chi connectivity index (χ2v) is 10.4. The molecular formula is C25H27IN3-. The molecule has 1 aliphatic heterocycles. The number of pyridine rings is 1. The maximum absolute atomic E-state index is 4.61. The fraction of sp³-hybridized carbons (Fsp3) is 0.240. The number of halogens is 1. The Morgan fingerprint density at radius 3 is 2.21 bits per heavy atom. The molecule has 1 aromatic heterocycles. The van der Waals surface area contributed by atoms with Crippen LogP contribution in [0.4, 0.5) is 0 Å². The molecule has 150 valence electrons. The number of nitrogens with zero attached hydrogens (tertiary/aromatic N) is 3. The van der Waals surface area contributed by atoms with Crippen LogP contribution in [0.3, 0.4) is 0 Å². The number of piperazine rings is 1. The van der Waals surface area contributed by atoms with Crippen LogP contribution in [0.2, 0.25) is 0 Å². The molecule has 4 rings (SSSR count). The molecule has 0 aliphatic carbocycles. The monoisotopic (exact) mass is 496 g/mol. The van der Waals surface area contributed by atoms with E-state index in [0.717, 1.165) is 43.9 Å². The van der Waals surface area contributed by atoms with Crippen LogP contribution in [0.5, 0.6) is 0 Å². The molecule has 2 heterocycles. The van der Waals surface area contributed by atoms with Crippen molar-refractivity contribution in [1.82, 2.24) is 13.0 Å². The molecule has 1 saturated heterocycles. The topological polar surface area (TPSA) is 19.4 Å². The summed E-state index contributed by atoms with van der Waals surface area (Å²) in [7, 11) is 0. The predicted molar refractivity (Wildman–Crippen MR) is 116 cm³/mol. The Balaban J connectivity index is 1.34. The number of hydrogen-bond donors (Lipinski definition) is 0. The van der Waals surface area contributed by atoms with E-state index in [1.54, 1.807) is 0 Å². The number of aromatic nitrogens is 1. The van der Waals surface area contributed by atoms with E-state index in [9.17, 15) is 0 Å². The molecule has 0 spiro atoms. The van der Waals surface area contributed by atoms with Gasteiger partial charge in [0.1, 0.15) is 0 Å². The van der Waals surface area contributed by atoms with E-state index >= 15 is 0 Å². The Hall–Kier alpha value is -2.02. The van der Waals surface area contributed by atoms with Gasteiger partial charge in [0, 0.05) is 0 Å². The van der Waals surface area contributed by atoms with Crippen molar-refractivity contribution >= 4 is 10.9 Å². The van der Waals surface area contributed by atoms with E-state index < -0.39 is 0 Å². The summed E-state index contributed by atoms with van der Waals surface area (Å²) in [5.41, 5.74) is 3.55. The molecule has 0 amide bonds. The number of benzene rings is 1. The van der Waals surface area contributed by atoms with Gasteiger partial charge in [0.15, 0.2) is 0 Å². The van der Waals surface area contributed by atoms with Gasteiger partial charge in [-0.25, -0.2) is 0 Å². The van der Waals surface area contributed by atoms with Crippen LogP contribution in [-0.2, 0) is 6.54 Å². The molecular weight excluding hydrogens is 469 g/mol. The van der Waals surface area contributed by atoms with Gasteiger partial charge >= 0.3 is 185 Å². The summed E-state index contributed by atoms with van der Waals surface area (Å²) in [5, 5.41) is 1.24. The van der Waals surface area contributed by atoms with Crippen LogP contribution in [0.1, 0.15) is 11.3 Å². The van der Waals surface area contributed by atoms with Gasteiger partial charge in [-0.3, -0.25) is 0 Å². The number of fused-ring (bicyclic) bond motifs is 1. The van der Waals surface area contributed by atoms with Crippen molar-refractivity contribution in [3.05, 3.63) is 99.8 Å². The van der Waals surface area contributed by atoms with E-state index in [4.69, 9.17) is 0 Å². The van der Waals surface area contributed by atoms with Crippen LogP contribution < -0.4 is 21.5 Å². The standard InChI is InChI=1S/C25H27IN3/c1-21-11-13-23-19-22(12-14-25(23)27-21)20-28-15-17-29(18-16-28)26-24-9-7-5-3-2-4-6-8-10-24/h2-14,19H,15-18,20H2,1H3/q-1. The summed E-state index contributed by atoms with van der Waals surface area (Å²) in [6.07, 6.45) is 0. The molecule has 0 radical (unpaired) electrons. The first kappa shape index (κ1) is 20.3. The zero-order valence-corrected chi connectivity index (χ0v) is 19.0. The van der Waals surface area contributed by atoms with Crippen LogP contribution in [0.15, 0.2) is 84.9 Å². The van der Waals surface area contributed by atoms with Gasteiger partial charge < -0.3 is 0 Å². The zero-order chi connectivity index (χ0) is 19.9. The molecule has 0 saturated carbocycles. The second kappa shape index (κ2) is 10.1. The van der Waals surface area contributed by atoms with E-state index in [1.165, 1.54) is 14.5 Å². The quantitative estimate of drug-likeness (QED) is 0.405. The summed E-state index contributed by atoms with van der Waals surface area (Å²) in [6.45, 7) is 7.67. The predicted octanol–water partition coefficient (Wildman–Crippen LogP) is 1.66. The second-order valence-electron chi connectivity index (χ2n) is 7.32. The SMILES string of the molecule is Cc1ccc2cc(CN3CCN([I-]c4ccccccccc4)CC3)ccc2n1. The fourth-order valence-corrected chi connectivity index (χ4v) is 5.90. The van der Waals surface area contributed by atoms with Crippen LogP contribution in [0, 0.1) is 10.5 Å². The average molecular weight is 496 g/mol. The first-order valence-corrected chi connectivity index (χ1v) is 12.2. The van der Waals surface area contributed by atoms with Crippen LogP contribution in [-0.4, -0.2) is 39.2 Å². The van der Waals surface area contributed by atoms with Crippen molar-refractivity contribution in [1.29, 1.82) is 0 Å². The van der Waals surface area contributed by atoms with Crippen molar-refractivity contribution in [2.75, 3.05) is 26.2 Å². The van der Waals surface area contributed by atoms with E-state index in [-0.39, 0.29) is 21.5 Å². The first-order valence-electron chi connectivity index (χ1n) is 10.1. The van der Waals surface area contributed by atoms with E-state index in [0.29, 0.717) is 0 Å². The van der Waals surface area contributed by atoms with E-state index in [1.807, 2.05) is 6.92 Å². The molecule has 1 fully saturated rings. The molecule has 4 heteroatoms. The normalized spacial score (nSPS) is 15.3. The average Bonchev–Trinajstić information content (AvgIpc) is 2.74. The Bertz CT molecular complexity index is 986. The van der Waals surface area contributed by atoms with Gasteiger partial charge in [0.2, 0.25) is 0 Å². The molecule has 0 bridgehead atoms.